The summed E-state index contributed by atoms with van der Waals surface area (Å²) >= 11 is 0. The summed E-state index contributed by atoms with van der Waals surface area (Å²) in [4.78, 5) is 17.0. The van der Waals surface area contributed by atoms with Gasteiger partial charge in [-0.1, -0.05) is 0 Å². The van der Waals surface area contributed by atoms with Crippen LogP contribution >= 0.6 is 0 Å². The van der Waals surface area contributed by atoms with Crippen molar-refractivity contribution in [1.82, 2.24) is 14.4 Å². The molecule has 7 heteroatoms. The van der Waals surface area contributed by atoms with Gasteiger partial charge < -0.3 is 29.3 Å². The van der Waals surface area contributed by atoms with Gasteiger partial charge in [0.2, 0.25) is 0 Å². The number of piperidine rings is 1. The summed E-state index contributed by atoms with van der Waals surface area (Å²) < 4.78 is 8.30. The minimum atomic E-state index is -0.712. The molecule has 0 spiro atoms. The molecule has 2 aliphatic heterocycles. The average Bonchev–Trinajstić information content (AvgIpc) is 3.47. The van der Waals surface area contributed by atoms with E-state index < -0.39 is 12.2 Å². The predicted octanol–water partition coefficient (Wildman–Crippen LogP) is 2.16. The predicted molar refractivity (Wildman–Crippen MR) is 118 cm³/mol. The van der Waals surface area contributed by atoms with Gasteiger partial charge in [0.05, 0.1) is 18.2 Å². The first-order valence-corrected chi connectivity index (χ1v) is 11.3. The van der Waals surface area contributed by atoms with E-state index >= 15 is 0 Å². The highest BCUT2D eigenvalue weighted by Gasteiger charge is 2.28. The number of β-amino-alcohol motifs (C(OH)–C–C–N with tert-alkyl or cyclic N) is 1. The van der Waals surface area contributed by atoms with Gasteiger partial charge in [-0.3, -0.25) is 4.79 Å². The van der Waals surface area contributed by atoms with E-state index in [1.165, 1.54) is 0 Å². The third kappa shape index (κ3) is 5.47. The molecule has 2 fully saturated rings. The summed E-state index contributed by atoms with van der Waals surface area (Å²) in [5.74, 6) is 0.858. The fourth-order valence-electron chi connectivity index (χ4n) is 4.44. The molecule has 4 rings (SSSR count). The Balaban J connectivity index is 1.25. The Bertz CT molecular complexity index is 829. The molecule has 0 aliphatic carbocycles. The number of carbonyl (C=O) groups is 1. The van der Waals surface area contributed by atoms with E-state index in [1.807, 2.05) is 41.3 Å². The van der Waals surface area contributed by atoms with E-state index in [0.29, 0.717) is 18.2 Å². The van der Waals surface area contributed by atoms with Crippen molar-refractivity contribution >= 4 is 5.91 Å². The Hall–Kier alpha value is -2.35. The van der Waals surface area contributed by atoms with E-state index in [9.17, 15) is 15.0 Å². The molecule has 3 atom stereocenters. The number of aliphatic hydroxyl groups excluding tert-OH is 2. The average molecular weight is 428 g/mol. The number of likely N-dealkylation sites (tertiary alicyclic amines) is 2. The van der Waals surface area contributed by atoms with Gasteiger partial charge in [0.1, 0.15) is 11.9 Å². The van der Waals surface area contributed by atoms with Crippen LogP contribution in [0.25, 0.3) is 0 Å². The number of carbonyl (C=O) groups excluding carboxylic acids is 1. The van der Waals surface area contributed by atoms with Crippen LogP contribution in [0.3, 0.4) is 0 Å². The van der Waals surface area contributed by atoms with Gasteiger partial charge in [-0.15, -0.1) is 0 Å². The molecular formula is C24H33N3O4. The van der Waals surface area contributed by atoms with Crippen LogP contribution in [-0.4, -0.2) is 81.5 Å². The smallest absolute Gasteiger partial charge is 0.253 e. The van der Waals surface area contributed by atoms with Crippen molar-refractivity contribution in [1.29, 1.82) is 0 Å². The van der Waals surface area contributed by atoms with E-state index in [2.05, 4.69) is 21.9 Å². The Labute approximate surface area is 183 Å². The minimum absolute atomic E-state index is 0.0752. The lowest BCUT2D eigenvalue weighted by molar-refractivity contribution is -0.00397. The highest BCUT2D eigenvalue weighted by Crippen LogP contribution is 2.25. The van der Waals surface area contributed by atoms with Gasteiger partial charge in [0.15, 0.2) is 0 Å². The first-order valence-electron chi connectivity index (χ1n) is 11.3. The first-order chi connectivity index (χ1) is 15.0. The van der Waals surface area contributed by atoms with E-state index in [0.717, 1.165) is 51.2 Å². The number of rotatable bonds is 7. The van der Waals surface area contributed by atoms with Gasteiger partial charge in [0.25, 0.3) is 5.91 Å². The normalized spacial score (nSPS) is 22.4. The van der Waals surface area contributed by atoms with Crippen molar-refractivity contribution in [3.63, 3.8) is 0 Å². The maximum atomic E-state index is 12.9. The van der Waals surface area contributed by atoms with E-state index in [4.69, 9.17) is 4.74 Å². The lowest BCUT2D eigenvalue weighted by atomic mass is 10.1. The zero-order valence-electron chi connectivity index (χ0n) is 18.1. The van der Waals surface area contributed by atoms with Crippen molar-refractivity contribution in [2.75, 3.05) is 32.7 Å². The number of aromatic nitrogens is 1. The molecule has 0 radical (unpaired) electrons. The topological polar surface area (TPSA) is 78.2 Å². The molecule has 168 valence electrons. The zero-order chi connectivity index (χ0) is 21.8. The third-order valence-corrected chi connectivity index (χ3v) is 6.44. The summed E-state index contributed by atoms with van der Waals surface area (Å²) in [6.07, 6.45) is 5.56. The molecule has 31 heavy (non-hydrogen) atoms. The van der Waals surface area contributed by atoms with Crippen LogP contribution in [0.2, 0.25) is 0 Å². The van der Waals surface area contributed by atoms with Gasteiger partial charge >= 0.3 is 0 Å². The molecule has 3 heterocycles. The molecule has 7 nitrogen and oxygen atoms in total. The lowest BCUT2D eigenvalue weighted by Crippen LogP contribution is -2.44. The summed E-state index contributed by atoms with van der Waals surface area (Å²) in [7, 11) is 0. The Kier molecular flexibility index (Phi) is 6.95. The monoisotopic (exact) mass is 427 g/mol. The Morgan fingerprint density at radius 3 is 2.39 bits per heavy atom. The van der Waals surface area contributed by atoms with Crippen LogP contribution in [0.5, 0.6) is 5.75 Å². The second-order valence-corrected chi connectivity index (χ2v) is 8.77. The van der Waals surface area contributed by atoms with Crippen LogP contribution in [0.1, 0.15) is 42.6 Å². The van der Waals surface area contributed by atoms with Gasteiger partial charge in [0, 0.05) is 50.7 Å². The summed E-state index contributed by atoms with van der Waals surface area (Å²) in [5, 5.41) is 19.3. The molecule has 1 amide bonds. The van der Waals surface area contributed by atoms with Crippen LogP contribution < -0.4 is 4.74 Å². The van der Waals surface area contributed by atoms with Crippen LogP contribution in [0, 0.1) is 0 Å². The van der Waals surface area contributed by atoms with Crippen molar-refractivity contribution in [3.05, 3.63) is 54.4 Å². The number of amides is 1. The van der Waals surface area contributed by atoms with E-state index in [-0.39, 0.29) is 12.0 Å². The van der Waals surface area contributed by atoms with Crippen molar-refractivity contribution in [2.24, 2.45) is 0 Å². The number of nitrogens with zero attached hydrogens (tertiary/aromatic N) is 3. The van der Waals surface area contributed by atoms with Gasteiger partial charge in [-0.05, 0) is 62.6 Å². The molecule has 2 aromatic rings. The zero-order valence-corrected chi connectivity index (χ0v) is 18.1. The maximum Gasteiger partial charge on any atom is 0.253 e. The molecule has 2 N–H and O–H groups in total. The second kappa shape index (κ2) is 9.85. The highest BCUT2D eigenvalue weighted by molar-refractivity contribution is 5.94. The summed E-state index contributed by atoms with van der Waals surface area (Å²) in [6.45, 7) is 5.30. The van der Waals surface area contributed by atoms with Crippen LogP contribution in [0.4, 0.5) is 0 Å². The highest BCUT2D eigenvalue weighted by atomic mass is 16.5. The van der Waals surface area contributed by atoms with Crippen molar-refractivity contribution < 1.29 is 19.7 Å². The largest absolute Gasteiger partial charge is 0.490 e. The van der Waals surface area contributed by atoms with Crippen molar-refractivity contribution in [2.45, 2.75) is 50.5 Å². The molecular weight excluding hydrogens is 394 g/mol. The molecule has 1 aromatic carbocycles. The fraction of sp³-hybridized carbons (Fsp3) is 0.542. The molecule has 2 saturated heterocycles. The second-order valence-electron chi connectivity index (χ2n) is 8.77. The van der Waals surface area contributed by atoms with Crippen LogP contribution in [0.15, 0.2) is 48.8 Å². The molecule has 3 unspecified atom stereocenters. The van der Waals surface area contributed by atoms with Gasteiger partial charge in [-0.25, -0.2) is 0 Å². The number of aliphatic hydroxyl groups is 2. The maximum absolute atomic E-state index is 12.9. The van der Waals surface area contributed by atoms with Crippen molar-refractivity contribution in [3.8, 4) is 5.75 Å². The Morgan fingerprint density at radius 1 is 1.06 bits per heavy atom. The number of hydrogen-bond acceptors (Lipinski definition) is 5. The molecule has 0 saturated carbocycles. The number of ether oxygens (including phenoxy) is 1. The molecule has 1 aromatic heterocycles. The van der Waals surface area contributed by atoms with E-state index in [1.54, 1.807) is 6.92 Å². The lowest BCUT2D eigenvalue weighted by Gasteiger charge is -2.33. The third-order valence-electron chi connectivity index (χ3n) is 6.44. The molecule has 0 bridgehead atoms. The number of hydrogen-bond donors (Lipinski definition) is 2. The SMILES string of the molecule is CC(O)C(O)CN1CCC(Oc2ccc(C(=O)N3CCC(n4cccc4)C3)cc2)CC1. The van der Waals surface area contributed by atoms with Crippen LogP contribution in [-0.2, 0) is 0 Å². The summed E-state index contributed by atoms with van der Waals surface area (Å²) in [6, 6.07) is 11.9. The standard InChI is InChI=1S/C24H33N3O4/c1-18(28)23(29)17-25-13-9-22(10-14-25)31-21-6-4-19(5-7-21)24(30)27-15-8-20(16-27)26-11-2-3-12-26/h2-7,11-12,18,20,22-23,28-29H,8-10,13-17H2,1H3. The Morgan fingerprint density at radius 2 is 1.74 bits per heavy atom. The summed E-state index contributed by atoms with van der Waals surface area (Å²) in [5.41, 5.74) is 0.697. The molecule has 2 aliphatic rings. The van der Waals surface area contributed by atoms with Gasteiger partial charge in [-0.2, -0.15) is 0 Å². The minimum Gasteiger partial charge on any atom is -0.490 e. The first kappa shape index (κ1) is 21.9. The number of benzene rings is 1. The quantitative estimate of drug-likeness (QED) is 0.708. The fourth-order valence-corrected chi connectivity index (χ4v) is 4.44.